The number of hydrogen-bond donors (Lipinski definition) is 1. The van der Waals surface area contributed by atoms with Crippen molar-refractivity contribution >= 4 is 11.7 Å². The van der Waals surface area contributed by atoms with E-state index in [2.05, 4.69) is 41.1 Å². The maximum absolute atomic E-state index is 12.7. The lowest BCUT2D eigenvalue weighted by Crippen LogP contribution is -2.36. The van der Waals surface area contributed by atoms with Crippen LogP contribution in [-0.2, 0) is 4.74 Å². The Morgan fingerprint density at radius 1 is 1.35 bits per heavy atom. The molecule has 0 aliphatic carbocycles. The van der Waals surface area contributed by atoms with Gasteiger partial charge >= 0.3 is 0 Å². The van der Waals surface area contributed by atoms with Crippen molar-refractivity contribution in [2.45, 2.75) is 33.2 Å². The second-order valence-electron chi connectivity index (χ2n) is 7.73. The molecule has 1 aliphatic rings. The Balaban J connectivity index is 1.72. The normalized spacial score (nSPS) is 16.3. The van der Waals surface area contributed by atoms with E-state index in [9.17, 15) is 4.79 Å². The molecule has 140 valence electrons. The number of hydrogen-bond acceptors (Lipinski definition) is 6. The molecule has 0 radical (unpaired) electrons. The number of nitrogens with one attached hydrogen (secondary N) is 1. The van der Waals surface area contributed by atoms with Crippen molar-refractivity contribution in [2.75, 3.05) is 31.2 Å². The number of nitrogens with zero attached hydrogens (tertiary/aromatic N) is 3. The summed E-state index contributed by atoms with van der Waals surface area (Å²) in [6.45, 7) is 9.24. The van der Waals surface area contributed by atoms with Gasteiger partial charge in [-0.3, -0.25) is 9.78 Å². The SMILES string of the molecule is CC(C)(C)CC(NC(=O)c1cc(N2CCOCC2)no1)c1cccnc1. The number of morpholine rings is 1. The lowest BCUT2D eigenvalue weighted by Gasteiger charge is -2.26. The van der Waals surface area contributed by atoms with Gasteiger partial charge in [-0.25, -0.2) is 0 Å². The highest BCUT2D eigenvalue weighted by molar-refractivity contribution is 5.92. The molecule has 1 N–H and O–H groups in total. The maximum atomic E-state index is 12.7. The molecule has 0 spiro atoms. The van der Waals surface area contributed by atoms with Crippen molar-refractivity contribution < 1.29 is 14.1 Å². The first-order valence-corrected chi connectivity index (χ1v) is 8.92. The lowest BCUT2D eigenvalue weighted by atomic mass is 9.86. The molecule has 1 unspecified atom stereocenters. The fourth-order valence-corrected chi connectivity index (χ4v) is 2.99. The standard InChI is InChI=1S/C19H26N4O3/c1-19(2,3)12-15(14-5-4-6-20-13-14)21-18(24)16-11-17(22-26-16)23-7-9-25-10-8-23/h4-6,11,13,15H,7-10,12H2,1-3H3,(H,21,24). The smallest absolute Gasteiger partial charge is 0.290 e. The minimum absolute atomic E-state index is 0.0498. The highest BCUT2D eigenvalue weighted by Crippen LogP contribution is 2.29. The second kappa shape index (κ2) is 7.86. The molecule has 1 saturated heterocycles. The van der Waals surface area contributed by atoms with E-state index in [1.165, 1.54) is 0 Å². The molecule has 0 saturated carbocycles. The quantitative estimate of drug-likeness (QED) is 0.885. The van der Waals surface area contributed by atoms with Gasteiger partial charge in [-0.15, -0.1) is 0 Å². The first-order chi connectivity index (χ1) is 12.4. The summed E-state index contributed by atoms with van der Waals surface area (Å²) < 4.78 is 10.6. The van der Waals surface area contributed by atoms with Crippen LogP contribution < -0.4 is 10.2 Å². The number of rotatable bonds is 5. The Morgan fingerprint density at radius 3 is 2.77 bits per heavy atom. The molecule has 1 atom stereocenters. The Labute approximate surface area is 153 Å². The number of ether oxygens (including phenoxy) is 1. The van der Waals surface area contributed by atoms with Crippen LogP contribution in [0.15, 0.2) is 35.1 Å². The highest BCUT2D eigenvalue weighted by atomic mass is 16.5. The Morgan fingerprint density at radius 2 is 2.12 bits per heavy atom. The summed E-state index contributed by atoms with van der Waals surface area (Å²) in [5.41, 5.74) is 1.03. The fraction of sp³-hybridized carbons (Fsp3) is 0.526. The average Bonchev–Trinajstić information content (AvgIpc) is 3.12. The maximum Gasteiger partial charge on any atom is 0.290 e. The zero-order valence-corrected chi connectivity index (χ0v) is 15.6. The fourth-order valence-electron chi connectivity index (χ4n) is 2.99. The predicted molar refractivity (Wildman–Crippen MR) is 98.1 cm³/mol. The molecule has 26 heavy (non-hydrogen) atoms. The van der Waals surface area contributed by atoms with Crippen LogP contribution in [-0.4, -0.2) is 42.4 Å². The summed E-state index contributed by atoms with van der Waals surface area (Å²) in [5, 5.41) is 7.10. The van der Waals surface area contributed by atoms with E-state index in [-0.39, 0.29) is 23.1 Å². The van der Waals surface area contributed by atoms with Crippen molar-refractivity contribution in [2.24, 2.45) is 5.41 Å². The van der Waals surface area contributed by atoms with Gasteiger partial charge in [0.2, 0.25) is 5.76 Å². The number of aromatic nitrogens is 2. The number of pyridine rings is 1. The lowest BCUT2D eigenvalue weighted by molar-refractivity contribution is 0.0888. The zero-order valence-electron chi connectivity index (χ0n) is 15.6. The van der Waals surface area contributed by atoms with Crippen LogP contribution in [0.25, 0.3) is 0 Å². The molecule has 3 heterocycles. The molecule has 2 aromatic rings. The van der Waals surface area contributed by atoms with Crippen molar-refractivity contribution in [1.82, 2.24) is 15.5 Å². The zero-order chi connectivity index (χ0) is 18.6. The van der Waals surface area contributed by atoms with Crippen molar-refractivity contribution in [1.29, 1.82) is 0 Å². The van der Waals surface area contributed by atoms with Gasteiger partial charge < -0.3 is 19.5 Å². The first-order valence-electron chi connectivity index (χ1n) is 8.92. The van der Waals surface area contributed by atoms with Gasteiger partial charge in [-0.2, -0.15) is 0 Å². The largest absolute Gasteiger partial charge is 0.378 e. The number of anilines is 1. The number of carbonyl (C=O) groups excluding carboxylic acids is 1. The number of amides is 1. The Bertz CT molecular complexity index is 718. The van der Waals surface area contributed by atoms with Crippen molar-refractivity contribution in [3.05, 3.63) is 41.9 Å². The monoisotopic (exact) mass is 358 g/mol. The summed E-state index contributed by atoms with van der Waals surface area (Å²) in [7, 11) is 0. The summed E-state index contributed by atoms with van der Waals surface area (Å²) in [6, 6.07) is 5.40. The molecule has 1 amide bonds. The molecule has 0 bridgehead atoms. The van der Waals surface area contributed by atoms with E-state index in [1.54, 1.807) is 18.5 Å². The van der Waals surface area contributed by atoms with E-state index < -0.39 is 0 Å². The van der Waals surface area contributed by atoms with E-state index in [0.29, 0.717) is 19.0 Å². The average molecular weight is 358 g/mol. The van der Waals surface area contributed by atoms with Gasteiger partial charge in [0.25, 0.3) is 5.91 Å². The third-order valence-corrected chi connectivity index (χ3v) is 4.27. The van der Waals surface area contributed by atoms with Gasteiger partial charge in [0.1, 0.15) is 0 Å². The topological polar surface area (TPSA) is 80.5 Å². The van der Waals surface area contributed by atoms with E-state index >= 15 is 0 Å². The molecule has 7 heteroatoms. The van der Waals surface area contributed by atoms with Gasteiger partial charge in [-0.1, -0.05) is 32.0 Å². The highest BCUT2D eigenvalue weighted by Gasteiger charge is 2.25. The first kappa shape index (κ1) is 18.4. The molecule has 1 fully saturated rings. The van der Waals surface area contributed by atoms with Gasteiger partial charge in [0.15, 0.2) is 5.82 Å². The molecule has 1 aliphatic heterocycles. The van der Waals surface area contributed by atoms with E-state index in [1.807, 2.05) is 12.1 Å². The molecule has 7 nitrogen and oxygen atoms in total. The van der Waals surface area contributed by atoms with Crippen LogP contribution in [0.1, 0.15) is 49.4 Å². The second-order valence-corrected chi connectivity index (χ2v) is 7.73. The molecular weight excluding hydrogens is 332 g/mol. The molecule has 0 aromatic carbocycles. The Kier molecular flexibility index (Phi) is 5.56. The van der Waals surface area contributed by atoms with Crippen LogP contribution in [0.4, 0.5) is 5.82 Å². The van der Waals surface area contributed by atoms with Gasteiger partial charge in [0, 0.05) is 31.5 Å². The summed E-state index contributed by atoms with van der Waals surface area (Å²) >= 11 is 0. The summed E-state index contributed by atoms with van der Waals surface area (Å²) in [4.78, 5) is 18.9. The summed E-state index contributed by atoms with van der Waals surface area (Å²) in [5.74, 6) is 0.622. The minimum Gasteiger partial charge on any atom is -0.378 e. The van der Waals surface area contributed by atoms with Crippen LogP contribution >= 0.6 is 0 Å². The van der Waals surface area contributed by atoms with Crippen LogP contribution in [0, 0.1) is 5.41 Å². The molecule has 3 rings (SSSR count). The van der Waals surface area contributed by atoms with Gasteiger partial charge in [0.05, 0.1) is 19.3 Å². The molecular formula is C19H26N4O3. The minimum atomic E-state index is -0.268. The van der Waals surface area contributed by atoms with Crippen molar-refractivity contribution in [3.8, 4) is 0 Å². The molecule has 2 aromatic heterocycles. The van der Waals surface area contributed by atoms with E-state index in [0.717, 1.165) is 25.1 Å². The van der Waals surface area contributed by atoms with E-state index in [4.69, 9.17) is 9.26 Å². The van der Waals surface area contributed by atoms with Crippen molar-refractivity contribution in [3.63, 3.8) is 0 Å². The Hall–Kier alpha value is -2.41. The third-order valence-electron chi connectivity index (χ3n) is 4.27. The van der Waals surface area contributed by atoms with Crippen LogP contribution in [0.3, 0.4) is 0 Å². The van der Waals surface area contributed by atoms with Gasteiger partial charge in [-0.05, 0) is 23.5 Å². The van der Waals surface area contributed by atoms with Crippen LogP contribution in [0.2, 0.25) is 0 Å². The number of carbonyl (C=O) groups is 1. The predicted octanol–water partition coefficient (Wildman–Crippen LogP) is 2.81. The third kappa shape index (κ3) is 4.82. The van der Waals surface area contributed by atoms with Crippen LogP contribution in [0.5, 0.6) is 0 Å². The summed E-state index contributed by atoms with van der Waals surface area (Å²) in [6.07, 6.45) is 4.30.